The minimum absolute atomic E-state index is 0.231. The number of thiophene rings is 1. The average molecular weight is 420 g/mol. The lowest BCUT2D eigenvalue weighted by Crippen LogP contribution is -2.31. The molecule has 0 unspecified atom stereocenters. The first-order chi connectivity index (χ1) is 14.5. The molecule has 1 amide bonds. The van der Waals surface area contributed by atoms with E-state index in [1.54, 1.807) is 26.2 Å². The van der Waals surface area contributed by atoms with Crippen molar-refractivity contribution in [3.63, 3.8) is 0 Å². The second-order valence-electron chi connectivity index (χ2n) is 6.90. The number of methoxy groups -OCH3 is 1. The SMILES string of the molecule is COc1ccccc1NC(=O)[C@H](C)n1cnc2sc(C)c(-c3ccccc3)c2c1=O. The van der Waals surface area contributed by atoms with Gasteiger partial charge in [-0.1, -0.05) is 42.5 Å². The molecule has 2 aromatic carbocycles. The first-order valence-electron chi connectivity index (χ1n) is 9.50. The summed E-state index contributed by atoms with van der Waals surface area (Å²) < 4.78 is 6.67. The van der Waals surface area contributed by atoms with Gasteiger partial charge in [0.15, 0.2) is 0 Å². The van der Waals surface area contributed by atoms with Crippen LogP contribution in [0.5, 0.6) is 5.75 Å². The van der Waals surface area contributed by atoms with Crippen LogP contribution in [0.2, 0.25) is 0 Å². The molecule has 0 spiro atoms. The maximum Gasteiger partial charge on any atom is 0.263 e. The molecule has 4 rings (SSSR count). The summed E-state index contributed by atoms with van der Waals surface area (Å²) in [5.41, 5.74) is 2.16. The fraction of sp³-hybridized carbons (Fsp3) is 0.174. The van der Waals surface area contributed by atoms with Gasteiger partial charge in [-0.25, -0.2) is 4.98 Å². The summed E-state index contributed by atoms with van der Waals surface area (Å²) in [7, 11) is 1.54. The maximum atomic E-state index is 13.4. The second-order valence-corrected chi connectivity index (χ2v) is 8.11. The van der Waals surface area contributed by atoms with Gasteiger partial charge in [0, 0.05) is 10.4 Å². The molecule has 2 aromatic heterocycles. The molecular weight excluding hydrogens is 398 g/mol. The van der Waals surface area contributed by atoms with Crippen molar-refractivity contribution in [2.24, 2.45) is 0 Å². The van der Waals surface area contributed by atoms with E-state index in [-0.39, 0.29) is 11.5 Å². The number of amides is 1. The molecule has 0 saturated carbocycles. The number of hydrogen-bond acceptors (Lipinski definition) is 5. The zero-order valence-electron chi connectivity index (χ0n) is 16.9. The summed E-state index contributed by atoms with van der Waals surface area (Å²) in [5, 5.41) is 3.38. The molecule has 0 radical (unpaired) electrons. The minimum atomic E-state index is -0.747. The highest BCUT2D eigenvalue weighted by molar-refractivity contribution is 7.19. The number of rotatable bonds is 5. The number of aromatic nitrogens is 2. The number of ether oxygens (including phenoxy) is 1. The van der Waals surface area contributed by atoms with E-state index in [2.05, 4.69) is 10.3 Å². The highest BCUT2D eigenvalue weighted by Crippen LogP contribution is 2.35. The Bertz CT molecular complexity index is 1280. The number of hydrogen-bond donors (Lipinski definition) is 1. The van der Waals surface area contributed by atoms with Crippen LogP contribution in [-0.2, 0) is 4.79 Å². The number of anilines is 1. The molecule has 6 nitrogen and oxygen atoms in total. The largest absolute Gasteiger partial charge is 0.495 e. The zero-order chi connectivity index (χ0) is 21.3. The summed E-state index contributed by atoms with van der Waals surface area (Å²) >= 11 is 1.48. The van der Waals surface area contributed by atoms with Gasteiger partial charge in [0.05, 0.1) is 24.5 Å². The number of carbonyl (C=O) groups excluding carboxylic acids is 1. The van der Waals surface area contributed by atoms with Crippen molar-refractivity contribution in [1.82, 2.24) is 9.55 Å². The molecule has 1 atom stereocenters. The quantitative estimate of drug-likeness (QED) is 0.511. The van der Waals surface area contributed by atoms with Gasteiger partial charge in [0.25, 0.3) is 5.56 Å². The van der Waals surface area contributed by atoms with E-state index in [1.165, 1.54) is 22.2 Å². The summed E-state index contributed by atoms with van der Waals surface area (Å²) in [6.07, 6.45) is 1.45. The molecule has 2 heterocycles. The predicted octanol–water partition coefficient (Wildman–Crippen LogP) is 4.64. The highest BCUT2D eigenvalue weighted by atomic mass is 32.1. The maximum absolute atomic E-state index is 13.4. The Morgan fingerprint density at radius 3 is 2.57 bits per heavy atom. The van der Waals surface area contributed by atoms with Crippen molar-refractivity contribution in [3.05, 3.63) is 76.2 Å². The summed E-state index contributed by atoms with van der Waals surface area (Å²) in [5.74, 6) is 0.231. The molecule has 0 aliphatic carbocycles. The lowest BCUT2D eigenvalue weighted by molar-refractivity contribution is -0.118. The van der Waals surface area contributed by atoms with Crippen molar-refractivity contribution in [2.45, 2.75) is 19.9 Å². The molecule has 4 aromatic rings. The molecular formula is C23H21N3O3S. The zero-order valence-corrected chi connectivity index (χ0v) is 17.7. The van der Waals surface area contributed by atoms with Gasteiger partial charge in [0.2, 0.25) is 5.91 Å². The second kappa shape index (κ2) is 8.12. The van der Waals surface area contributed by atoms with E-state index in [4.69, 9.17) is 4.74 Å². The predicted molar refractivity (Wildman–Crippen MR) is 120 cm³/mol. The summed E-state index contributed by atoms with van der Waals surface area (Å²) in [6.45, 7) is 3.66. The molecule has 0 bridgehead atoms. The molecule has 0 fully saturated rings. The molecule has 0 saturated heterocycles. The number of carbonyl (C=O) groups is 1. The standard InChI is InChI=1S/C23H21N3O3S/c1-14(21(27)25-17-11-7-8-12-18(17)29-3)26-13-24-22-20(23(26)28)19(15(2)30-22)16-9-5-4-6-10-16/h4-14H,1-3H3,(H,25,27)/t14-/m0/s1. The van der Waals surface area contributed by atoms with Gasteiger partial charge in [-0.05, 0) is 31.5 Å². The third-order valence-corrected chi connectivity index (χ3v) is 6.05. The van der Waals surface area contributed by atoms with Gasteiger partial charge in [-0.3, -0.25) is 14.2 Å². The number of para-hydroxylation sites is 2. The smallest absolute Gasteiger partial charge is 0.263 e. The molecule has 152 valence electrons. The Morgan fingerprint density at radius 1 is 1.13 bits per heavy atom. The Labute approximate surface area is 177 Å². The van der Waals surface area contributed by atoms with Crippen molar-refractivity contribution < 1.29 is 9.53 Å². The molecule has 0 aliphatic heterocycles. The molecule has 30 heavy (non-hydrogen) atoms. The summed E-state index contributed by atoms with van der Waals surface area (Å²) in [4.78, 5) is 32.4. The fourth-order valence-electron chi connectivity index (χ4n) is 3.46. The van der Waals surface area contributed by atoms with Gasteiger partial charge in [-0.15, -0.1) is 11.3 Å². The van der Waals surface area contributed by atoms with Crippen molar-refractivity contribution in [3.8, 4) is 16.9 Å². The Hall–Kier alpha value is -3.45. The minimum Gasteiger partial charge on any atom is -0.495 e. The van der Waals surface area contributed by atoms with Crippen molar-refractivity contribution in [2.75, 3.05) is 12.4 Å². The molecule has 7 heteroatoms. The van der Waals surface area contributed by atoms with Crippen LogP contribution in [0.15, 0.2) is 65.7 Å². The summed E-state index contributed by atoms with van der Waals surface area (Å²) in [6, 6.07) is 16.2. The van der Waals surface area contributed by atoms with Gasteiger partial charge in [-0.2, -0.15) is 0 Å². The van der Waals surface area contributed by atoms with Gasteiger partial charge >= 0.3 is 0 Å². The van der Waals surface area contributed by atoms with Gasteiger partial charge in [0.1, 0.15) is 16.6 Å². The van der Waals surface area contributed by atoms with E-state index in [0.717, 1.165) is 16.0 Å². The fourth-order valence-corrected chi connectivity index (χ4v) is 4.46. The number of benzene rings is 2. The van der Waals surface area contributed by atoms with Crippen LogP contribution in [0.4, 0.5) is 5.69 Å². The van der Waals surface area contributed by atoms with E-state index >= 15 is 0 Å². The van der Waals surface area contributed by atoms with E-state index < -0.39 is 6.04 Å². The third kappa shape index (κ3) is 3.48. The normalized spacial score (nSPS) is 12.0. The van der Waals surface area contributed by atoms with Crippen molar-refractivity contribution >= 4 is 33.1 Å². The Morgan fingerprint density at radius 2 is 1.83 bits per heavy atom. The van der Waals surface area contributed by atoms with Crippen LogP contribution in [0.3, 0.4) is 0 Å². The number of nitrogens with one attached hydrogen (secondary N) is 1. The van der Waals surface area contributed by atoms with Crippen LogP contribution in [0, 0.1) is 6.92 Å². The first-order valence-corrected chi connectivity index (χ1v) is 10.3. The van der Waals surface area contributed by atoms with Gasteiger partial charge < -0.3 is 10.1 Å². The van der Waals surface area contributed by atoms with E-state index in [1.807, 2.05) is 49.4 Å². The van der Waals surface area contributed by atoms with Crippen molar-refractivity contribution in [1.29, 1.82) is 0 Å². The van der Waals surface area contributed by atoms with E-state index in [0.29, 0.717) is 21.7 Å². The molecule has 1 N–H and O–H groups in total. The Balaban J connectivity index is 1.75. The number of aryl methyl sites for hydroxylation is 1. The average Bonchev–Trinajstić information content (AvgIpc) is 3.11. The first kappa shape index (κ1) is 19.8. The molecule has 0 aliphatic rings. The number of fused-ring (bicyclic) bond motifs is 1. The topological polar surface area (TPSA) is 73.2 Å². The Kier molecular flexibility index (Phi) is 5.37. The van der Waals surface area contributed by atoms with E-state index in [9.17, 15) is 9.59 Å². The lowest BCUT2D eigenvalue weighted by Gasteiger charge is -2.16. The van der Waals surface area contributed by atoms with Crippen LogP contribution in [-0.4, -0.2) is 22.6 Å². The van der Waals surface area contributed by atoms with Crippen LogP contribution < -0.4 is 15.6 Å². The third-order valence-electron chi connectivity index (χ3n) is 5.04. The number of nitrogens with zero attached hydrogens (tertiary/aromatic N) is 2. The van der Waals surface area contributed by atoms with Crippen LogP contribution in [0.25, 0.3) is 21.3 Å². The lowest BCUT2D eigenvalue weighted by atomic mass is 10.0. The van der Waals surface area contributed by atoms with Crippen LogP contribution in [0.1, 0.15) is 17.8 Å². The van der Waals surface area contributed by atoms with Crippen LogP contribution >= 0.6 is 11.3 Å². The highest BCUT2D eigenvalue weighted by Gasteiger charge is 2.22. The monoisotopic (exact) mass is 419 g/mol.